The maximum Gasteiger partial charge on any atom is 0.305 e. The van der Waals surface area contributed by atoms with Gasteiger partial charge in [-0.3, -0.25) is 9.59 Å². The van der Waals surface area contributed by atoms with Gasteiger partial charge in [0.25, 0.3) is 5.91 Å². The molecule has 1 amide bonds. The van der Waals surface area contributed by atoms with E-state index in [0.717, 1.165) is 58.7 Å². The molecule has 38 heavy (non-hydrogen) atoms. The number of carbonyl (C=O) groups excluding carboxylic acids is 1. The molecule has 3 aromatic rings. The van der Waals surface area contributed by atoms with Crippen LogP contribution < -0.4 is 15.4 Å². The molecule has 1 saturated carbocycles. The van der Waals surface area contributed by atoms with Crippen molar-refractivity contribution in [2.75, 3.05) is 30.5 Å². The maximum atomic E-state index is 12.3. The average Bonchev–Trinajstić information content (AvgIpc) is 3.25. The summed E-state index contributed by atoms with van der Waals surface area (Å²) in [6, 6.07) is 13.4. The molecular weight excluding hydrogens is 500 g/mol. The molecule has 3 N–H and O–H groups in total. The first-order valence-electron chi connectivity index (χ1n) is 13.5. The number of thioether (sulfide) groups is 1. The van der Waals surface area contributed by atoms with Crippen LogP contribution in [0, 0.1) is 12.8 Å². The Morgan fingerprint density at radius 1 is 1.13 bits per heavy atom. The third kappa shape index (κ3) is 7.25. The van der Waals surface area contributed by atoms with Crippen molar-refractivity contribution in [1.82, 2.24) is 5.32 Å². The number of hydrogen-bond acceptors (Lipinski definition) is 6. The van der Waals surface area contributed by atoms with Crippen molar-refractivity contribution >= 4 is 40.3 Å². The van der Waals surface area contributed by atoms with Gasteiger partial charge < -0.3 is 24.9 Å². The lowest BCUT2D eigenvalue weighted by molar-refractivity contribution is -0.136. The van der Waals surface area contributed by atoms with Gasteiger partial charge in [-0.2, -0.15) is 11.8 Å². The topological polar surface area (TPSA) is 101 Å². The first-order chi connectivity index (χ1) is 18.5. The third-order valence-corrected chi connectivity index (χ3v) is 7.90. The van der Waals surface area contributed by atoms with Crippen molar-refractivity contribution in [1.29, 1.82) is 0 Å². The van der Waals surface area contributed by atoms with E-state index in [4.69, 9.17) is 14.3 Å². The average molecular weight is 539 g/mol. The number of furan rings is 1. The van der Waals surface area contributed by atoms with E-state index in [1.165, 1.54) is 19.3 Å². The van der Waals surface area contributed by atoms with Gasteiger partial charge in [0.05, 0.1) is 19.1 Å². The van der Waals surface area contributed by atoms with Crippen LogP contribution in [0.1, 0.15) is 72.7 Å². The minimum absolute atomic E-state index is 0.0175. The molecule has 8 heteroatoms. The van der Waals surface area contributed by atoms with Crippen molar-refractivity contribution in [2.45, 2.75) is 57.9 Å². The Morgan fingerprint density at radius 3 is 2.61 bits per heavy atom. The predicted octanol–water partition coefficient (Wildman–Crippen LogP) is 6.81. The smallest absolute Gasteiger partial charge is 0.305 e. The van der Waals surface area contributed by atoms with Gasteiger partial charge in [0.2, 0.25) is 0 Å². The molecule has 4 rings (SSSR count). The Bertz CT molecular complexity index is 1220. The Morgan fingerprint density at radius 2 is 1.89 bits per heavy atom. The number of rotatable bonds is 13. The summed E-state index contributed by atoms with van der Waals surface area (Å²) in [5.74, 6) is 2.15. The highest BCUT2D eigenvalue weighted by Gasteiger charge is 2.30. The van der Waals surface area contributed by atoms with Crippen LogP contribution in [-0.4, -0.2) is 42.1 Å². The molecule has 0 aliphatic heterocycles. The lowest BCUT2D eigenvalue weighted by Crippen LogP contribution is -2.26. The number of carboxylic acid groups (broad SMARTS) is 1. The predicted molar refractivity (Wildman–Crippen MR) is 153 cm³/mol. The second kappa shape index (κ2) is 13.6. The fraction of sp³-hybridized carbons (Fsp3) is 0.467. The molecule has 1 aromatic heterocycles. The molecule has 7 nitrogen and oxygen atoms in total. The Hall–Kier alpha value is -3.13. The Kier molecular flexibility index (Phi) is 9.98. The maximum absolute atomic E-state index is 12.3. The standard InChI is InChI=1S/C30H38N2O5S/c1-20-25-19-24(36-17-6-18-38-2)13-14-26(25)37-29(20)28(21-7-4-3-5-8-21)32-23-11-9-22(10-12-23)30(35)31-16-15-27(33)34/h9-14,19,21,28,32H,3-8,15-18H2,1-2H3,(H,31,35)(H,33,34). The number of anilines is 1. The number of aliphatic carboxylic acids is 1. The highest BCUT2D eigenvalue weighted by Crippen LogP contribution is 2.41. The van der Waals surface area contributed by atoms with Crippen molar-refractivity contribution in [3.63, 3.8) is 0 Å². The molecule has 204 valence electrons. The van der Waals surface area contributed by atoms with Gasteiger partial charge >= 0.3 is 5.97 Å². The number of nitrogens with one attached hydrogen (secondary N) is 2. The summed E-state index contributed by atoms with van der Waals surface area (Å²) in [7, 11) is 0. The van der Waals surface area contributed by atoms with E-state index in [1.807, 2.05) is 36.0 Å². The molecular formula is C30H38N2O5S. The van der Waals surface area contributed by atoms with E-state index < -0.39 is 5.97 Å². The van der Waals surface area contributed by atoms with Gasteiger partial charge in [-0.25, -0.2) is 0 Å². The first-order valence-corrected chi connectivity index (χ1v) is 14.9. The number of benzene rings is 2. The van der Waals surface area contributed by atoms with E-state index in [-0.39, 0.29) is 24.9 Å². The number of amides is 1. The van der Waals surface area contributed by atoms with Gasteiger partial charge in [0.1, 0.15) is 17.1 Å². The SMILES string of the molecule is CSCCCOc1ccc2oc(C(Nc3ccc(C(=O)NCCC(=O)O)cc3)C3CCCCC3)c(C)c2c1. The summed E-state index contributed by atoms with van der Waals surface area (Å²) in [6.07, 6.45) is 9.00. The third-order valence-electron chi connectivity index (χ3n) is 7.20. The molecule has 0 spiro atoms. The second-order valence-corrected chi connectivity index (χ2v) is 10.9. The number of ether oxygens (including phenoxy) is 1. The van der Waals surface area contributed by atoms with Crippen LogP contribution in [0.5, 0.6) is 5.75 Å². The van der Waals surface area contributed by atoms with E-state index in [9.17, 15) is 9.59 Å². The minimum Gasteiger partial charge on any atom is -0.494 e. The molecule has 2 aromatic carbocycles. The minimum atomic E-state index is -0.936. The molecule has 1 aliphatic carbocycles. The normalized spacial score (nSPS) is 14.8. The fourth-order valence-corrected chi connectivity index (χ4v) is 5.55. The van der Waals surface area contributed by atoms with Crippen LogP contribution >= 0.6 is 11.8 Å². The van der Waals surface area contributed by atoms with Crippen LogP contribution in [0.4, 0.5) is 5.69 Å². The van der Waals surface area contributed by atoms with E-state index in [1.54, 1.807) is 12.1 Å². The highest BCUT2D eigenvalue weighted by molar-refractivity contribution is 7.98. The summed E-state index contributed by atoms with van der Waals surface area (Å²) >= 11 is 1.83. The summed E-state index contributed by atoms with van der Waals surface area (Å²) in [4.78, 5) is 23.0. The van der Waals surface area contributed by atoms with Crippen molar-refractivity contribution in [2.24, 2.45) is 5.92 Å². The molecule has 0 bridgehead atoms. The fourth-order valence-electron chi connectivity index (χ4n) is 5.15. The van der Waals surface area contributed by atoms with Gasteiger partial charge in [0, 0.05) is 28.7 Å². The van der Waals surface area contributed by atoms with Crippen molar-refractivity contribution < 1.29 is 23.8 Å². The lowest BCUT2D eigenvalue weighted by atomic mass is 9.82. The van der Waals surface area contributed by atoms with Gasteiger partial charge in [-0.05, 0) is 86.6 Å². The molecule has 0 radical (unpaired) electrons. The zero-order chi connectivity index (χ0) is 26.9. The molecule has 1 heterocycles. The van der Waals surface area contributed by atoms with Gasteiger partial charge in [-0.1, -0.05) is 19.3 Å². The Labute approximate surface area is 228 Å². The van der Waals surface area contributed by atoms with Gasteiger partial charge in [-0.15, -0.1) is 0 Å². The number of fused-ring (bicyclic) bond motifs is 1. The van der Waals surface area contributed by atoms with Crippen LogP contribution in [0.15, 0.2) is 46.9 Å². The molecule has 1 aliphatic rings. The summed E-state index contributed by atoms with van der Waals surface area (Å²) in [6.45, 7) is 2.94. The monoisotopic (exact) mass is 538 g/mol. The molecule has 1 unspecified atom stereocenters. The van der Waals surface area contributed by atoms with Crippen LogP contribution in [0.2, 0.25) is 0 Å². The first kappa shape index (κ1) is 27.9. The van der Waals surface area contributed by atoms with Crippen molar-refractivity contribution in [3.8, 4) is 5.75 Å². The summed E-state index contributed by atoms with van der Waals surface area (Å²) in [5.41, 5.74) is 3.41. The molecule has 1 fully saturated rings. The number of aryl methyl sites for hydroxylation is 1. The number of carboxylic acids is 1. The second-order valence-electron chi connectivity index (χ2n) is 9.94. The summed E-state index contributed by atoms with van der Waals surface area (Å²) in [5, 5.41) is 16.2. The summed E-state index contributed by atoms with van der Waals surface area (Å²) < 4.78 is 12.5. The van der Waals surface area contributed by atoms with E-state index >= 15 is 0 Å². The van der Waals surface area contributed by atoms with Crippen LogP contribution in [0.3, 0.4) is 0 Å². The van der Waals surface area contributed by atoms with Gasteiger partial charge in [0.15, 0.2) is 0 Å². The number of hydrogen-bond donors (Lipinski definition) is 3. The Balaban J connectivity index is 1.53. The lowest BCUT2D eigenvalue weighted by Gasteiger charge is -2.31. The largest absolute Gasteiger partial charge is 0.494 e. The zero-order valence-electron chi connectivity index (χ0n) is 22.3. The number of carbonyl (C=O) groups is 2. The highest BCUT2D eigenvalue weighted by atomic mass is 32.2. The molecule has 1 atom stereocenters. The zero-order valence-corrected chi connectivity index (χ0v) is 23.1. The van der Waals surface area contributed by atoms with Crippen LogP contribution in [0.25, 0.3) is 11.0 Å². The van der Waals surface area contributed by atoms with Crippen LogP contribution in [-0.2, 0) is 4.79 Å². The van der Waals surface area contributed by atoms with E-state index in [0.29, 0.717) is 18.1 Å². The van der Waals surface area contributed by atoms with Crippen molar-refractivity contribution in [3.05, 3.63) is 59.4 Å². The molecule has 0 saturated heterocycles. The quantitative estimate of drug-likeness (QED) is 0.206. The van der Waals surface area contributed by atoms with E-state index in [2.05, 4.69) is 29.9 Å².